The van der Waals surface area contributed by atoms with Gasteiger partial charge < -0.3 is 28.4 Å². The first-order chi connectivity index (χ1) is 21.3. The molecule has 10 nitrogen and oxygen atoms in total. The molecule has 0 spiro atoms. The molecule has 0 N–H and O–H groups in total. The molecule has 0 aliphatic carbocycles. The number of rotatable bonds is 10. The number of ether oxygens (including phenoxy) is 6. The van der Waals surface area contributed by atoms with Crippen molar-refractivity contribution in [3.63, 3.8) is 0 Å². The predicted molar refractivity (Wildman–Crippen MR) is 161 cm³/mol. The summed E-state index contributed by atoms with van der Waals surface area (Å²) >= 11 is 1.56. The molecule has 5 atom stereocenters. The highest BCUT2D eigenvalue weighted by Gasteiger charge is 2.61. The Hall–Kier alpha value is -4.13. The summed E-state index contributed by atoms with van der Waals surface area (Å²) in [5.41, 5.74) is 3.16. The van der Waals surface area contributed by atoms with E-state index in [2.05, 4.69) is 0 Å². The van der Waals surface area contributed by atoms with Crippen molar-refractivity contribution in [2.75, 3.05) is 13.7 Å². The fourth-order valence-corrected chi connectivity index (χ4v) is 6.33. The van der Waals surface area contributed by atoms with Gasteiger partial charge in [0.15, 0.2) is 12.2 Å². The standard InChI is InChI=1S/C33H35FO10S/c1-18-7-10-25(15-24(18)16-27-13-14-29(45-27)23-8-11-26(34)12-9-23)33(39-6)32(43-22(5)38)31(42-21(4)37)30(41-20(3)36)28(44-33)17-40-19(2)35/h7-15,28,30-32H,16-17H2,1-6H3/t28-,30-,31+,32-,33+/m1/s1. The molecule has 1 fully saturated rings. The van der Waals surface area contributed by atoms with Crippen LogP contribution in [0.5, 0.6) is 0 Å². The van der Waals surface area contributed by atoms with Crippen LogP contribution in [-0.2, 0) is 59.8 Å². The van der Waals surface area contributed by atoms with Gasteiger partial charge in [0, 0.05) is 56.5 Å². The third-order valence-corrected chi connectivity index (χ3v) is 8.38. The van der Waals surface area contributed by atoms with Crippen molar-refractivity contribution in [1.29, 1.82) is 0 Å². The van der Waals surface area contributed by atoms with Gasteiger partial charge in [-0.3, -0.25) is 19.2 Å². The van der Waals surface area contributed by atoms with Crippen molar-refractivity contribution < 1.29 is 52.0 Å². The largest absolute Gasteiger partial charge is 0.463 e. The van der Waals surface area contributed by atoms with Crippen LogP contribution in [0.15, 0.2) is 54.6 Å². The fourth-order valence-electron chi connectivity index (χ4n) is 5.29. The van der Waals surface area contributed by atoms with Crippen molar-refractivity contribution in [2.45, 2.75) is 71.2 Å². The van der Waals surface area contributed by atoms with Crippen molar-refractivity contribution in [2.24, 2.45) is 0 Å². The summed E-state index contributed by atoms with van der Waals surface area (Å²) < 4.78 is 47.9. The quantitative estimate of drug-likeness (QED) is 0.220. The van der Waals surface area contributed by atoms with Gasteiger partial charge in [0.2, 0.25) is 11.9 Å². The van der Waals surface area contributed by atoms with Crippen molar-refractivity contribution in [3.8, 4) is 10.4 Å². The molecule has 0 amide bonds. The zero-order valence-electron chi connectivity index (χ0n) is 25.8. The highest BCUT2D eigenvalue weighted by Crippen LogP contribution is 2.44. The van der Waals surface area contributed by atoms with Crippen LogP contribution < -0.4 is 0 Å². The van der Waals surface area contributed by atoms with Gasteiger partial charge in [0.25, 0.3) is 0 Å². The summed E-state index contributed by atoms with van der Waals surface area (Å²) in [6.45, 7) is 6.25. The van der Waals surface area contributed by atoms with Crippen LogP contribution in [-0.4, -0.2) is 62.0 Å². The van der Waals surface area contributed by atoms with E-state index < -0.39 is 54.1 Å². The van der Waals surface area contributed by atoms with E-state index in [1.54, 1.807) is 29.5 Å². The molecule has 0 saturated carbocycles. The van der Waals surface area contributed by atoms with E-state index in [4.69, 9.17) is 28.4 Å². The third-order valence-electron chi connectivity index (χ3n) is 7.25. The van der Waals surface area contributed by atoms with Gasteiger partial charge in [0.05, 0.1) is 0 Å². The maximum absolute atomic E-state index is 13.4. The minimum atomic E-state index is -1.88. The van der Waals surface area contributed by atoms with E-state index in [1.165, 1.54) is 33.1 Å². The lowest BCUT2D eigenvalue weighted by Gasteiger charge is -2.50. The second-order valence-corrected chi connectivity index (χ2v) is 11.8. The Morgan fingerprint density at radius 3 is 2.09 bits per heavy atom. The second kappa shape index (κ2) is 14.3. The molecule has 3 aromatic rings. The van der Waals surface area contributed by atoms with Crippen LogP contribution in [0.2, 0.25) is 0 Å². The summed E-state index contributed by atoms with van der Waals surface area (Å²) in [5, 5.41) is 0. The lowest BCUT2D eigenvalue weighted by molar-refractivity contribution is -0.367. The van der Waals surface area contributed by atoms with Gasteiger partial charge in [0.1, 0.15) is 18.5 Å². The minimum absolute atomic E-state index is 0.308. The van der Waals surface area contributed by atoms with Gasteiger partial charge in [-0.05, 0) is 53.9 Å². The van der Waals surface area contributed by atoms with E-state index in [0.29, 0.717) is 12.0 Å². The molecule has 0 bridgehead atoms. The molecular weight excluding hydrogens is 607 g/mol. The number of aryl methyl sites for hydroxylation is 1. The molecule has 0 unspecified atom stereocenters. The maximum Gasteiger partial charge on any atom is 0.303 e. The van der Waals surface area contributed by atoms with Gasteiger partial charge in [-0.1, -0.05) is 24.3 Å². The number of esters is 4. The molecular formula is C33H35FO10S. The Morgan fingerprint density at radius 2 is 1.49 bits per heavy atom. The number of thiophene rings is 1. The van der Waals surface area contributed by atoms with Crippen LogP contribution in [0.1, 0.15) is 49.3 Å². The first-order valence-electron chi connectivity index (χ1n) is 14.2. The highest BCUT2D eigenvalue weighted by atomic mass is 32.1. The molecule has 45 heavy (non-hydrogen) atoms. The molecule has 240 valence electrons. The van der Waals surface area contributed by atoms with Crippen LogP contribution in [0.25, 0.3) is 10.4 Å². The smallest absolute Gasteiger partial charge is 0.303 e. The van der Waals surface area contributed by atoms with Crippen LogP contribution in [0.4, 0.5) is 4.39 Å². The third kappa shape index (κ3) is 7.94. The van der Waals surface area contributed by atoms with E-state index in [1.807, 2.05) is 31.2 Å². The summed E-state index contributed by atoms with van der Waals surface area (Å²) in [7, 11) is 1.34. The van der Waals surface area contributed by atoms with Gasteiger partial charge in [-0.2, -0.15) is 0 Å². The van der Waals surface area contributed by atoms with Gasteiger partial charge in [-0.25, -0.2) is 4.39 Å². The maximum atomic E-state index is 13.4. The number of hydrogen-bond donors (Lipinski definition) is 0. The first-order valence-corrected chi connectivity index (χ1v) is 15.0. The number of hydrogen-bond acceptors (Lipinski definition) is 11. The van der Waals surface area contributed by atoms with Crippen LogP contribution >= 0.6 is 11.3 Å². The first kappa shape index (κ1) is 33.8. The zero-order chi connectivity index (χ0) is 32.9. The molecule has 1 aromatic heterocycles. The minimum Gasteiger partial charge on any atom is -0.463 e. The van der Waals surface area contributed by atoms with Crippen molar-refractivity contribution >= 4 is 35.2 Å². The number of carbonyl (C=O) groups excluding carboxylic acids is 4. The summed E-state index contributed by atoms with van der Waals surface area (Å²) in [5.74, 6) is -5.02. The average Bonchev–Trinajstić information content (AvgIpc) is 3.43. The summed E-state index contributed by atoms with van der Waals surface area (Å²) in [6.07, 6.45) is -4.83. The Kier molecular flexibility index (Phi) is 10.7. The average molecular weight is 643 g/mol. The van der Waals surface area contributed by atoms with E-state index in [0.717, 1.165) is 40.3 Å². The highest BCUT2D eigenvalue weighted by molar-refractivity contribution is 7.15. The molecule has 1 aliphatic heterocycles. The molecule has 12 heteroatoms. The molecule has 2 heterocycles. The molecule has 2 aromatic carbocycles. The second-order valence-electron chi connectivity index (χ2n) is 10.6. The summed E-state index contributed by atoms with van der Waals surface area (Å²) in [4.78, 5) is 50.7. The Morgan fingerprint density at radius 1 is 0.844 bits per heavy atom. The van der Waals surface area contributed by atoms with Crippen molar-refractivity contribution in [1.82, 2.24) is 0 Å². The van der Waals surface area contributed by atoms with E-state index >= 15 is 0 Å². The topological polar surface area (TPSA) is 124 Å². The van der Waals surface area contributed by atoms with E-state index in [-0.39, 0.29) is 12.4 Å². The van der Waals surface area contributed by atoms with Crippen LogP contribution in [0.3, 0.4) is 0 Å². The van der Waals surface area contributed by atoms with Crippen LogP contribution in [0, 0.1) is 12.7 Å². The van der Waals surface area contributed by atoms with Gasteiger partial charge in [-0.15, -0.1) is 11.3 Å². The van der Waals surface area contributed by atoms with Crippen molar-refractivity contribution in [3.05, 3.63) is 82.0 Å². The van der Waals surface area contributed by atoms with Gasteiger partial charge >= 0.3 is 23.9 Å². The predicted octanol–water partition coefficient (Wildman–Crippen LogP) is 5.01. The number of carbonyl (C=O) groups is 4. The Balaban J connectivity index is 1.79. The number of methoxy groups -OCH3 is 1. The molecule has 4 rings (SSSR count). The molecule has 1 aliphatic rings. The Labute approximate surface area is 264 Å². The fraction of sp³-hybridized carbons (Fsp3) is 0.394. The normalized spacial score (nSPS) is 22.7. The number of benzene rings is 2. The molecule has 0 radical (unpaired) electrons. The SMILES string of the molecule is CO[C@@]1(c2ccc(C)c(Cc3ccc(-c4ccc(F)cc4)s3)c2)O[C@H](COC(C)=O)[C@@H](OC(C)=O)[C@H](OC(C)=O)[C@H]1OC(C)=O. The lowest BCUT2D eigenvalue weighted by Crippen LogP contribution is -2.67. The Bertz CT molecular complexity index is 1550. The van der Waals surface area contributed by atoms with E-state index in [9.17, 15) is 23.6 Å². The lowest BCUT2D eigenvalue weighted by atomic mass is 9.85. The number of halogens is 1. The zero-order valence-corrected chi connectivity index (χ0v) is 26.6. The molecule has 1 saturated heterocycles. The summed E-state index contributed by atoms with van der Waals surface area (Å²) in [6, 6.07) is 15.7. The monoisotopic (exact) mass is 642 g/mol.